The van der Waals surface area contributed by atoms with Gasteiger partial charge in [-0.05, 0) is 38.1 Å². The van der Waals surface area contributed by atoms with E-state index in [0.717, 1.165) is 0 Å². The van der Waals surface area contributed by atoms with Crippen molar-refractivity contribution >= 4 is 39.6 Å². The van der Waals surface area contributed by atoms with Crippen molar-refractivity contribution in [2.45, 2.75) is 31.7 Å². The molecule has 4 N–H and O–H groups in total. The molecule has 3 amide bonds. The van der Waals surface area contributed by atoms with Crippen LogP contribution < -0.4 is 20.7 Å². The fraction of sp³-hybridized carbons (Fsp3) is 0.368. The number of rotatable bonds is 9. The van der Waals surface area contributed by atoms with Gasteiger partial charge in [0.1, 0.15) is 13.2 Å². The fourth-order valence-corrected chi connectivity index (χ4v) is 3.72. The third-order valence-electron chi connectivity index (χ3n) is 4.13. The minimum Gasteiger partial charge on any atom is -0.463 e. The number of hydrogen-bond donors (Lipinski definition) is 4. The number of anilines is 1. The molecule has 1 aromatic carbocycles. The van der Waals surface area contributed by atoms with Gasteiger partial charge < -0.3 is 25.4 Å². The maximum atomic E-state index is 12.3. The first kappa shape index (κ1) is 24.8. The van der Waals surface area contributed by atoms with Crippen LogP contribution in [0.1, 0.15) is 20.8 Å². The van der Waals surface area contributed by atoms with E-state index in [0.29, 0.717) is 5.69 Å². The van der Waals surface area contributed by atoms with Gasteiger partial charge in [0.05, 0.1) is 28.8 Å². The molecule has 2 rings (SSSR count). The molecule has 1 atom stereocenters. The highest BCUT2D eigenvalue weighted by Gasteiger charge is 2.30. The molecule has 13 heteroatoms. The molecule has 0 aliphatic carbocycles. The Kier molecular flexibility index (Phi) is 8.32. The van der Waals surface area contributed by atoms with Crippen LogP contribution in [-0.2, 0) is 33.9 Å². The predicted molar refractivity (Wildman–Crippen MR) is 112 cm³/mol. The smallest absolute Gasteiger partial charge is 0.338 e. The molecule has 0 bridgehead atoms. The van der Waals surface area contributed by atoms with Crippen LogP contribution in [0.25, 0.3) is 0 Å². The zero-order chi connectivity index (χ0) is 23.9. The molecule has 0 saturated heterocycles. The van der Waals surface area contributed by atoms with Gasteiger partial charge in [0.2, 0.25) is 15.9 Å². The maximum Gasteiger partial charge on any atom is 0.338 e. The quantitative estimate of drug-likeness (QED) is 0.367. The number of urea groups is 1. The van der Waals surface area contributed by atoms with Gasteiger partial charge in [-0.2, -0.15) is 4.72 Å². The molecule has 1 aliphatic heterocycles. The molecule has 0 aromatic heterocycles. The number of nitrogens with one attached hydrogen (secondary N) is 4. The first-order chi connectivity index (χ1) is 15.0. The van der Waals surface area contributed by atoms with E-state index >= 15 is 0 Å². The number of benzene rings is 1. The van der Waals surface area contributed by atoms with E-state index in [9.17, 15) is 27.6 Å². The lowest BCUT2D eigenvalue weighted by Gasteiger charge is -2.26. The van der Waals surface area contributed by atoms with Crippen molar-refractivity contribution in [1.29, 1.82) is 0 Å². The summed E-state index contributed by atoms with van der Waals surface area (Å²) in [5.41, 5.74) is 0.559. The second-order valence-electron chi connectivity index (χ2n) is 6.62. The van der Waals surface area contributed by atoms with E-state index in [4.69, 9.17) is 9.47 Å². The standard InChI is InChI=1S/C19H24N4O8S/c1-4-30-18(26)17-11(2)21-19(27)23-15(17)10-31-16(25)9-20-32(28,29)14-7-5-13(6-8-14)22-12(3)24/h5-8,11,20H,4,9-10H2,1-3H3,(H,22,24)(H2,21,23,27)/t11-/m1/s1. The Morgan fingerprint density at radius 2 is 1.78 bits per heavy atom. The van der Waals surface area contributed by atoms with Crippen LogP contribution in [0.3, 0.4) is 0 Å². The number of carbonyl (C=O) groups is 4. The normalized spacial score (nSPS) is 16.0. The molecule has 1 aliphatic rings. The van der Waals surface area contributed by atoms with E-state index in [-0.39, 0.29) is 28.7 Å². The molecule has 12 nitrogen and oxygen atoms in total. The highest BCUT2D eigenvalue weighted by molar-refractivity contribution is 7.89. The summed E-state index contributed by atoms with van der Waals surface area (Å²) in [6.07, 6.45) is 0. The zero-order valence-corrected chi connectivity index (χ0v) is 18.5. The van der Waals surface area contributed by atoms with E-state index < -0.39 is 47.2 Å². The van der Waals surface area contributed by atoms with Crippen LogP contribution in [0.15, 0.2) is 40.4 Å². The Balaban J connectivity index is 1.99. The molecule has 0 saturated carbocycles. The van der Waals surface area contributed by atoms with E-state index in [1.807, 2.05) is 0 Å². The minimum absolute atomic E-state index is 0.0458. The van der Waals surface area contributed by atoms with Gasteiger partial charge in [-0.15, -0.1) is 0 Å². The van der Waals surface area contributed by atoms with Crippen LogP contribution in [-0.4, -0.2) is 58.1 Å². The van der Waals surface area contributed by atoms with Crippen molar-refractivity contribution in [2.75, 3.05) is 25.1 Å². The summed E-state index contributed by atoms with van der Waals surface area (Å²) >= 11 is 0. The van der Waals surface area contributed by atoms with E-state index in [2.05, 4.69) is 20.7 Å². The minimum atomic E-state index is -4.02. The molecule has 0 unspecified atom stereocenters. The van der Waals surface area contributed by atoms with Crippen molar-refractivity contribution in [1.82, 2.24) is 15.4 Å². The number of hydrogen-bond acceptors (Lipinski definition) is 8. The van der Waals surface area contributed by atoms with Gasteiger partial charge in [-0.3, -0.25) is 9.59 Å². The molecule has 1 aromatic rings. The summed E-state index contributed by atoms with van der Waals surface area (Å²) in [6, 6.07) is 4.08. The number of esters is 2. The lowest BCUT2D eigenvalue weighted by atomic mass is 10.0. The zero-order valence-electron chi connectivity index (χ0n) is 17.7. The highest BCUT2D eigenvalue weighted by atomic mass is 32.2. The number of carbonyl (C=O) groups excluding carboxylic acids is 4. The summed E-state index contributed by atoms with van der Waals surface area (Å²) in [5.74, 6) is -1.91. The molecular formula is C19H24N4O8S. The first-order valence-corrected chi connectivity index (χ1v) is 11.0. The first-order valence-electron chi connectivity index (χ1n) is 9.54. The van der Waals surface area contributed by atoms with Gasteiger partial charge in [-0.1, -0.05) is 0 Å². The van der Waals surface area contributed by atoms with Crippen molar-refractivity contribution in [2.24, 2.45) is 0 Å². The second kappa shape index (κ2) is 10.7. The Morgan fingerprint density at radius 3 is 2.38 bits per heavy atom. The van der Waals surface area contributed by atoms with Gasteiger partial charge in [-0.25, -0.2) is 18.0 Å². The summed E-state index contributed by atoms with van der Waals surface area (Å²) in [7, 11) is -4.02. The Hall–Kier alpha value is -3.45. The molecule has 0 radical (unpaired) electrons. The van der Waals surface area contributed by atoms with E-state index in [1.165, 1.54) is 31.2 Å². The molecule has 0 fully saturated rings. The summed E-state index contributed by atoms with van der Waals surface area (Å²) < 4.78 is 36.7. The number of ether oxygens (including phenoxy) is 2. The lowest BCUT2D eigenvalue weighted by Crippen LogP contribution is -2.50. The van der Waals surface area contributed by atoms with Crippen molar-refractivity contribution in [3.63, 3.8) is 0 Å². The molecule has 174 valence electrons. The number of amides is 3. The topological polar surface area (TPSA) is 169 Å². The van der Waals surface area contributed by atoms with Crippen LogP contribution >= 0.6 is 0 Å². The summed E-state index contributed by atoms with van der Waals surface area (Å²) in [6.45, 7) is 3.48. The highest BCUT2D eigenvalue weighted by Crippen LogP contribution is 2.15. The lowest BCUT2D eigenvalue weighted by molar-refractivity contribution is -0.142. The Morgan fingerprint density at radius 1 is 1.12 bits per heavy atom. The van der Waals surface area contributed by atoms with Crippen LogP contribution in [0.4, 0.5) is 10.5 Å². The van der Waals surface area contributed by atoms with E-state index in [1.54, 1.807) is 13.8 Å². The van der Waals surface area contributed by atoms with Gasteiger partial charge in [0.25, 0.3) is 0 Å². The van der Waals surface area contributed by atoms with Gasteiger partial charge in [0.15, 0.2) is 0 Å². The molecule has 1 heterocycles. The van der Waals surface area contributed by atoms with Crippen LogP contribution in [0.5, 0.6) is 0 Å². The maximum absolute atomic E-state index is 12.3. The molecule has 32 heavy (non-hydrogen) atoms. The molecule has 0 spiro atoms. The van der Waals surface area contributed by atoms with Crippen molar-refractivity contribution in [3.05, 3.63) is 35.5 Å². The average molecular weight is 468 g/mol. The Labute approximate surface area is 184 Å². The molecular weight excluding hydrogens is 444 g/mol. The SMILES string of the molecule is CCOC(=O)C1=C(COC(=O)CNS(=O)(=O)c2ccc(NC(C)=O)cc2)NC(=O)N[C@@H]1C. The summed E-state index contributed by atoms with van der Waals surface area (Å²) in [5, 5.41) is 7.40. The van der Waals surface area contributed by atoms with Gasteiger partial charge >= 0.3 is 18.0 Å². The van der Waals surface area contributed by atoms with Crippen molar-refractivity contribution < 1.29 is 37.1 Å². The fourth-order valence-electron chi connectivity index (χ4n) is 2.75. The monoisotopic (exact) mass is 468 g/mol. The second-order valence-corrected chi connectivity index (χ2v) is 8.39. The van der Waals surface area contributed by atoms with Crippen LogP contribution in [0.2, 0.25) is 0 Å². The Bertz CT molecular complexity index is 1030. The van der Waals surface area contributed by atoms with Crippen molar-refractivity contribution in [3.8, 4) is 0 Å². The third kappa shape index (κ3) is 6.78. The predicted octanol–water partition coefficient (Wildman–Crippen LogP) is -0.0150. The largest absolute Gasteiger partial charge is 0.463 e. The summed E-state index contributed by atoms with van der Waals surface area (Å²) in [4.78, 5) is 46.8. The van der Waals surface area contributed by atoms with Gasteiger partial charge in [0, 0.05) is 12.6 Å². The van der Waals surface area contributed by atoms with Crippen LogP contribution in [0, 0.1) is 0 Å². The third-order valence-corrected chi connectivity index (χ3v) is 5.55. The average Bonchev–Trinajstić information content (AvgIpc) is 2.70. The number of sulfonamides is 1.